The number of H-pyrrole nitrogens is 1. The summed E-state index contributed by atoms with van der Waals surface area (Å²) in [5.74, 6) is -0.0962. The molecule has 0 aliphatic rings. The van der Waals surface area contributed by atoms with E-state index in [1.807, 2.05) is 12.1 Å². The minimum atomic E-state index is -3.56. The number of phenols is 1. The van der Waals surface area contributed by atoms with Crippen LogP contribution in [0.5, 0.6) is 5.75 Å². The fourth-order valence-electron chi connectivity index (χ4n) is 2.88. The molecule has 2 N–H and O–H groups in total. The zero-order chi connectivity index (χ0) is 19.7. The predicted molar refractivity (Wildman–Crippen MR) is 111 cm³/mol. The van der Waals surface area contributed by atoms with Crippen molar-refractivity contribution in [3.8, 4) is 5.75 Å². The van der Waals surface area contributed by atoms with E-state index in [1.54, 1.807) is 42.5 Å². The molecule has 3 aromatic carbocycles. The maximum absolute atomic E-state index is 13.0. The molecule has 0 aliphatic carbocycles. The molecule has 28 heavy (non-hydrogen) atoms. The summed E-state index contributed by atoms with van der Waals surface area (Å²) in [6.07, 6.45) is 1.37. The third kappa shape index (κ3) is 3.78. The first-order valence-corrected chi connectivity index (χ1v) is 11.5. The number of fused-ring (bicyclic) bond motifs is 1. The number of hydrogen-bond donors (Lipinski definition) is 2. The molecule has 0 spiro atoms. The summed E-state index contributed by atoms with van der Waals surface area (Å²) in [5, 5.41) is 19.0. The van der Waals surface area contributed by atoms with E-state index >= 15 is 0 Å². The van der Waals surface area contributed by atoms with Crippen molar-refractivity contribution in [3.63, 3.8) is 0 Å². The Hall–Kier alpha value is -2.36. The topological polar surface area (TPSA) is 95.9 Å². The lowest BCUT2D eigenvalue weighted by Crippen LogP contribution is -2.05. The van der Waals surface area contributed by atoms with Crippen molar-refractivity contribution < 1.29 is 13.5 Å². The van der Waals surface area contributed by atoms with Crippen molar-refractivity contribution in [2.75, 3.05) is 0 Å². The Bertz CT molecular complexity index is 1240. The summed E-state index contributed by atoms with van der Waals surface area (Å²) in [7, 11) is -3.56. The van der Waals surface area contributed by atoms with Gasteiger partial charge in [-0.05, 0) is 53.0 Å². The Morgan fingerprint density at radius 1 is 1.07 bits per heavy atom. The number of nitrogens with one attached hydrogen (secondary N) is 1. The number of aromatic amines is 1. The molecule has 0 atom stereocenters. The standard InChI is InChI=1S/C19H14BrN3O3S2/c20-13-5-7-14(8-6-13)28(25,26)10-12-9-17(27-19-21-11-22-23-19)18(24)16-4-2-1-3-15(12)16/h1-9,11,24H,10H2,(H,21,22,23). The Kier molecular flexibility index (Phi) is 5.13. The molecule has 1 aromatic heterocycles. The van der Waals surface area contributed by atoms with Crippen molar-refractivity contribution in [2.45, 2.75) is 20.7 Å². The second-order valence-electron chi connectivity index (χ2n) is 6.03. The van der Waals surface area contributed by atoms with Gasteiger partial charge in [-0.3, -0.25) is 5.10 Å². The fraction of sp³-hybridized carbons (Fsp3) is 0.0526. The molecule has 1 heterocycles. The van der Waals surface area contributed by atoms with Crippen LogP contribution in [0.15, 0.2) is 80.3 Å². The number of aromatic hydroxyl groups is 1. The molecule has 0 fully saturated rings. The Morgan fingerprint density at radius 3 is 2.46 bits per heavy atom. The first-order valence-electron chi connectivity index (χ1n) is 8.19. The maximum atomic E-state index is 13.0. The minimum absolute atomic E-state index is 0.0850. The highest BCUT2D eigenvalue weighted by Crippen LogP contribution is 2.40. The molecule has 142 valence electrons. The number of aromatic nitrogens is 3. The van der Waals surface area contributed by atoms with E-state index in [4.69, 9.17) is 0 Å². The molecule has 0 saturated heterocycles. The van der Waals surface area contributed by atoms with Crippen LogP contribution in [-0.4, -0.2) is 28.7 Å². The zero-order valence-electron chi connectivity index (χ0n) is 14.3. The van der Waals surface area contributed by atoms with Crippen LogP contribution >= 0.6 is 27.7 Å². The van der Waals surface area contributed by atoms with Crippen molar-refractivity contribution in [2.24, 2.45) is 0 Å². The van der Waals surface area contributed by atoms with Crippen LogP contribution in [0, 0.1) is 0 Å². The van der Waals surface area contributed by atoms with Crippen LogP contribution in [-0.2, 0) is 15.6 Å². The van der Waals surface area contributed by atoms with Crippen LogP contribution in [0.25, 0.3) is 10.8 Å². The monoisotopic (exact) mass is 475 g/mol. The Labute approximate surface area is 174 Å². The van der Waals surface area contributed by atoms with Crippen LogP contribution < -0.4 is 0 Å². The van der Waals surface area contributed by atoms with Crippen molar-refractivity contribution in [3.05, 3.63) is 71.0 Å². The summed E-state index contributed by atoms with van der Waals surface area (Å²) < 4.78 is 26.7. The van der Waals surface area contributed by atoms with E-state index in [9.17, 15) is 13.5 Å². The number of hydrogen-bond acceptors (Lipinski definition) is 6. The predicted octanol–water partition coefficient (Wildman–Crippen LogP) is 4.55. The molecular weight excluding hydrogens is 462 g/mol. The SMILES string of the molecule is O=S(=O)(Cc1cc(Sc2ncn[nH]2)c(O)c2ccccc12)c1ccc(Br)cc1. The number of phenolic OH excluding ortho intramolecular Hbond substituents is 1. The van der Waals surface area contributed by atoms with Gasteiger partial charge in [0.1, 0.15) is 12.1 Å². The largest absolute Gasteiger partial charge is 0.506 e. The van der Waals surface area contributed by atoms with E-state index in [1.165, 1.54) is 18.1 Å². The zero-order valence-corrected chi connectivity index (χ0v) is 17.6. The van der Waals surface area contributed by atoms with Gasteiger partial charge in [0.2, 0.25) is 0 Å². The lowest BCUT2D eigenvalue weighted by atomic mass is 10.0. The summed E-state index contributed by atoms with van der Waals surface area (Å²) >= 11 is 4.51. The van der Waals surface area contributed by atoms with Gasteiger partial charge >= 0.3 is 0 Å². The summed E-state index contributed by atoms with van der Waals surface area (Å²) in [5.41, 5.74) is 0.610. The highest BCUT2D eigenvalue weighted by molar-refractivity contribution is 9.10. The quantitative estimate of drug-likeness (QED) is 0.439. The Morgan fingerprint density at radius 2 is 1.79 bits per heavy atom. The average Bonchev–Trinajstić information content (AvgIpc) is 3.19. The molecule has 9 heteroatoms. The van der Waals surface area contributed by atoms with Gasteiger partial charge in [0.15, 0.2) is 15.0 Å². The summed E-state index contributed by atoms with van der Waals surface area (Å²) in [4.78, 5) is 4.81. The van der Waals surface area contributed by atoms with Gasteiger partial charge in [-0.15, -0.1) is 0 Å². The smallest absolute Gasteiger partial charge is 0.188 e. The molecule has 0 radical (unpaired) electrons. The van der Waals surface area contributed by atoms with Crippen molar-refractivity contribution >= 4 is 48.3 Å². The third-order valence-electron chi connectivity index (χ3n) is 4.18. The first-order chi connectivity index (χ1) is 13.4. The molecule has 6 nitrogen and oxygen atoms in total. The second-order valence-corrected chi connectivity index (χ2v) is 9.97. The lowest BCUT2D eigenvalue weighted by Gasteiger charge is -2.13. The summed E-state index contributed by atoms with van der Waals surface area (Å²) in [6.45, 7) is 0. The van der Waals surface area contributed by atoms with Gasteiger partial charge in [-0.2, -0.15) is 5.10 Å². The third-order valence-corrected chi connectivity index (χ3v) is 7.32. The molecule has 0 saturated carbocycles. The molecule has 4 rings (SSSR count). The van der Waals surface area contributed by atoms with Crippen LogP contribution in [0.4, 0.5) is 0 Å². The van der Waals surface area contributed by atoms with E-state index in [2.05, 4.69) is 31.1 Å². The van der Waals surface area contributed by atoms with Gasteiger partial charge in [-0.25, -0.2) is 13.4 Å². The van der Waals surface area contributed by atoms with E-state index < -0.39 is 9.84 Å². The maximum Gasteiger partial charge on any atom is 0.188 e. The Balaban J connectivity index is 1.81. The van der Waals surface area contributed by atoms with E-state index in [0.29, 0.717) is 26.4 Å². The average molecular weight is 476 g/mol. The molecule has 4 aromatic rings. The van der Waals surface area contributed by atoms with E-state index in [-0.39, 0.29) is 16.4 Å². The highest BCUT2D eigenvalue weighted by Gasteiger charge is 2.20. The first kappa shape index (κ1) is 19.0. The van der Waals surface area contributed by atoms with Crippen LogP contribution in [0.2, 0.25) is 0 Å². The molecular formula is C19H14BrN3O3S2. The lowest BCUT2D eigenvalue weighted by molar-refractivity contribution is 0.469. The fourth-order valence-corrected chi connectivity index (χ4v) is 5.33. The molecule has 0 aliphatic heterocycles. The van der Waals surface area contributed by atoms with Crippen molar-refractivity contribution in [1.29, 1.82) is 0 Å². The number of sulfone groups is 1. The number of rotatable bonds is 5. The van der Waals surface area contributed by atoms with Gasteiger partial charge in [-0.1, -0.05) is 40.2 Å². The minimum Gasteiger partial charge on any atom is -0.506 e. The normalized spacial score (nSPS) is 11.8. The van der Waals surface area contributed by atoms with Gasteiger partial charge in [0.05, 0.1) is 15.5 Å². The summed E-state index contributed by atoms with van der Waals surface area (Å²) in [6, 6.07) is 15.5. The highest BCUT2D eigenvalue weighted by atomic mass is 79.9. The van der Waals surface area contributed by atoms with Crippen LogP contribution in [0.3, 0.4) is 0 Å². The molecule has 0 bridgehead atoms. The van der Waals surface area contributed by atoms with Crippen LogP contribution in [0.1, 0.15) is 5.56 Å². The van der Waals surface area contributed by atoms with Crippen molar-refractivity contribution in [1.82, 2.24) is 15.2 Å². The molecule has 0 amide bonds. The van der Waals surface area contributed by atoms with Gasteiger partial charge in [0.25, 0.3) is 0 Å². The molecule has 0 unspecified atom stereocenters. The van der Waals surface area contributed by atoms with Gasteiger partial charge in [0, 0.05) is 9.86 Å². The number of benzene rings is 3. The van der Waals surface area contributed by atoms with E-state index in [0.717, 1.165) is 4.47 Å². The number of halogens is 1. The van der Waals surface area contributed by atoms with Gasteiger partial charge < -0.3 is 5.11 Å². The second kappa shape index (κ2) is 7.57. The number of nitrogens with zero attached hydrogens (tertiary/aromatic N) is 2.